The molecule has 6 heteroatoms. The predicted octanol–water partition coefficient (Wildman–Crippen LogP) is 3.28. The molecular formula is C21H32N4O2. The van der Waals surface area contributed by atoms with Crippen LogP contribution in [0.3, 0.4) is 0 Å². The van der Waals surface area contributed by atoms with Crippen LogP contribution in [0.1, 0.15) is 38.5 Å². The third kappa shape index (κ3) is 4.43. The van der Waals surface area contributed by atoms with Gasteiger partial charge in [-0.2, -0.15) is 0 Å². The molecule has 2 aliphatic heterocycles. The first kappa shape index (κ1) is 18.7. The van der Waals surface area contributed by atoms with Crippen LogP contribution in [-0.4, -0.2) is 55.6 Å². The molecule has 4 rings (SSSR count). The number of nitrogens with zero attached hydrogens (tertiary/aromatic N) is 3. The fourth-order valence-electron chi connectivity index (χ4n) is 5.27. The minimum absolute atomic E-state index is 0.168. The quantitative estimate of drug-likeness (QED) is 0.649. The lowest BCUT2D eigenvalue weighted by Crippen LogP contribution is -2.48. The fraction of sp³-hybridized carbons (Fsp3) is 0.714. The molecule has 27 heavy (non-hydrogen) atoms. The van der Waals surface area contributed by atoms with Gasteiger partial charge in [-0.1, -0.05) is 0 Å². The summed E-state index contributed by atoms with van der Waals surface area (Å²) in [5.74, 6) is 0.872. The Hall–Kier alpha value is -1.66. The molecule has 0 aromatic heterocycles. The summed E-state index contributed by atoms with van der Waals surface area (Å²) in [6.07, 6.45) is 8.44. The van der Waals surface area contributed by atoms with E-state index in [1.165, 1.54) is 58.2 Å². The van der Waals surface area contributed by atoms with E-state index in [4.69, 9.17) is 0 Å². The van der Waals surface area contributed by atoms with Crippen LogP contribution in [-0.2, 0) is 0 Å². The van der Waals surface area contributed by atoms with E-state index in [0.717, 1.165) is 37.8 Å². The van der Waals surface area contributed by atoms with E-state index < -0.39 is 0 Å². The summed E-state index contributed by atoms with van der Waals surface area (Å²) in [6.45, 7) is 7.92. The third-order valence-corrected chi connectivity index (χ3v) is 7.14. The first-order valence-corrected chi connectivity index (χ1v) is 10.6. The molecule has 1 aromatic rings. The number of piperidine rings is 1. The summed E-state index contributed by atoms with van der Waals surface area (Å²) in [7, 11) is 0. The molecule has 0 bridgehead atoms. The molecule has 0 radical (unpaired) electrons. The second kappa shape index (κ2) is 8.15. The topological polar surface area (TPSA) is 61.7 Å². The SMILES string of the molecule is O=[N+]([O-])c1ccc(N2CCN(CC3CCC4(CCNCC4)CC3)CC2)cc1. The summed E-state index contributed by atoms with van der Waals surface area (Å²) in [5.41, 5.74) is 1.93. The molecule has 3 aliphatic rings. The second-order valence-corrected chi connectivity index (χ2v) is 8.75. The molecule has 2 saturated heterocycles. The second-order valence-electron chi connectivity index (χ2n) is 8.75. The highest BCUT2D eigenvalue weighted by Gasteiger charge is 2.36. The Balaban J connectivity index is 1.22. The molecule has 0 amide bonds. The molecule has 3 fully saturated rings. The van der Waals surface area contributed by atoms with Crippen LogP contribution >= 0.6 is 0 Å². The van der Waals surface area contributed by atoms with E-state index >= 15 is 0 Å². The van der Waals surface area contributed by atoms with Gasteiger partial charge in [-0.3, -0.25) is 15.0 Å². The highest BCUT2D eigenvalue weighted by Crippen LogP contribution is 2.45. The molecule has 1 N–H and O–H groups in total. The zero-order valence-corrected chi connectivity index (χ0v) is 16.2. The molecule has 148 valence electrons. The van der Waals surface area contributed by atoms with Crippen LogP contribution < -0.4 is 10.2 Å². The van der Waals surface area contributed by atoms with E-state index in [1.807, 2.05) is 12.1 Å². The summed E-state index contributed by atoms with van der Waals surface area (Å²) in [6, 6.07) is 6.99. The number of nitro benzene ring substituents is 1. The molecule has 2 heterocycles. The van der Waals surface area contributed by atoms with Gasteiger partial charge >= 0.3 is 0 Å². The van der Waals surface area contributed by atoms with Gasteiger partial charge in [-0.15, -0.1) is 0 Å². The maximum Gasteiger partial charge on any atom is 0.269 e. The Labute approximate surface area is 162 Å². The average molecular weight is 373 g/mol. The maximum absolute atomic E-state index is 10.8. The summed E-state index contributed by atoms with van der Waals surface area (Å²) in [4.78, 5) is 15.5. The van der Waals surface area contributed by atoms with Crippen LogP contribution in [0.4, 0.5) is 11.4 Å². The molecule has 1 aliphatic carbocycles. The Morgan fingerprint density at radius 1 is 1.00 bits per heavy atom. The fourth-order valence-corrected chi connectivity index (χ4v) is 5.27. The lowest BCUT2D eigenvalue weighted by molar-refractivity contribution is -0.384. The van der Waals surface area contributed by atoms with Crippen molar-refractivity contribution in [3.63, 3.8) is 0 Å². The number of non-ortho nitro benzene ring substituents is 1. The van der Waals surface area contributed by atoms with Crippen molar-refractivity contribution in [2.24, 2.45) is 11.3 Å². The van der Waals surface area contributed by atoms with Gasteiger partial charge in [0.15, 0.2) is 0 Å². The van der Waals surface area contributed by atoms with Gasteiger partial charge in [0.2, 0.25) is 0 Å². The minimum Gasteiger partial charge on any atom is -0.369 e. The van der Waals surface area contributed by atoms with E-state index in [9.17, 15) is 10.1 Å². The van der Waals surface area contributed by atoms with Crippen molar-refractivity contribution >= 4 is 11.4 Å². The summed E-state index contributed by atoms with van der Waals surface area (Å²) < 4.78 is 0. The monoisotopic (exact) mass is 372 g/mol. The molecule has 1 aromatic carbocycles. The highest BCUT2D eigenvalue weighted by molar-refractivity contribution is 5.51. The van der Waals surface area contributed by atoms with Crippen LogP contribution in [0.5, 0.6) is 0 Å². The Morgan fingerprint density at radius 3 is 2.22 bits per heavy atom. The Kier molecular flexibility index (Phi) is 5.64. The van der Waals surface area contributed by atoms with Crippen molar-refractivity contribution in [3.05, 3.63) is 34.4 Å². The lowest BCUT2D eigenvalue weighted by Gasteiger charge is -2.45. The third-order valence-electron chi connectivity index (χ3n) is 7.14. The molecule has 1 spiro atoms. The van der Waals surface area contributed by atoms with Crippen molar-refractivity contribution < 1.29 is 4.92 Å². The number of rotatable bonds is 4. The van der Waals surface area contributed by atoms with E-state index in [-0.39, 0.29) is 10.6 Å². The minimum atomic E-state index is -0.333. The summed E-state index contributed by atoms with van der Waals surface area (Å²) in [5, 5.41) is 14.3. The van der Waals surface area contributed by atoms with Crippen LogP contribution in [0, 0.1) is 21.4 Å². The van der Waals surface area contributed by atoms with Crippen molar-refractivity contribution in [1.82, 2.24) is 10.2 Å². The van der Waals surface area contributed by atoms with Crippen molar-refractivity contribution in [2.45, 2.75) is 38.5 Å². The first-order chi connectivity index (χ1) is 13.1. The number of nitro groups is 1. The molecular weight excluding hydrogens is 340 g/mol. The zero-order chi connectivity index (χ0) is 18.7. The number of hydrogen-bond donors (Lipinski definition) is 1. The van der Waals surface area contributed by atoms with Crippen LogP contribution in [0.2, 0.25) is 0 Å². The smallest absolute Gasteiger partial charge is 0.269 e. The van der Waals surface area contributed by atoms with Crippen LogP contribution in [0.15, 0.2) is 24.3 Å². The van der Waals surface area contributed by atoms with Gasteiger partial charge in [0.05, 0.1) is 4.92 Å². The summed E-state index contributed by atoms with van der Waals surface area (Å²) >= 11 is 0. The molecule has 0 atom stereocenters. The molecule has 0 unspecified atom stereocenters. The zero-order valence-electron chi connectivity index (χ0n) is 16.2. The van der Waals surface area contributed by atoms with Crippen molar-refractivity contribution in [1.29, 1.82) is 0 Å². The Bertz CT molecular complexity index is 624. The lowest BCUT2D eigenvalue weighted by atomic mass is 9.65. The van der Waals surface area contributed by atoms with Gasteiger partial charge in [-0.05, 0) is 75.1 Å². The Morgan fingerprint density at radius 2 is 1.63 bits per heavy atom. The largest absolute Gasteiger partial charge is 0.369 e. The number of anilines is 1. The van der Waals surface area contributed by atoms with Gasteiger partial charge in [0.1, 0.15) is 0 Å². The number of hydrogen-bond acceptors (Lipinski definition) is 5. The predicted molar refractivity (Wildman–Crippen MR) is 108 cm³/mol. The van der Waals surface area contributed by atoms with Crippen LogP contribution in [0.25, 0.3) is 0 Å². The van der Waals surface area contributed by atoms with Crippen molar-refractivity contribution in [2.75, 3.05) is 50.7 Å². The van der Waals surface area contributed by atoms with Gasteiger partial charge in [-0.25, -0.2) is 0 Å². The maximum atomic E-state index is 10.8. The number of nitrogens with one attached hydrogen (secondary N) is 1. The van der Waals surface area contributed by atoms with E-state index in [0.29, 0.717) is 5.41 Å². The van der Waals surface area contributed by atoms with E-state index in [2.05, 4.69) is 15.1 Å². The normalized spacial score (nSPS) is 24.2. The standard InChI is InChI=1S/C21H32N4O2/c26-25(27)20-3-1-19(2-4-20)24-15-13-23(14-16-24)17-18-5-7-21(8-6-18)9-11-22-12-10-21/h1-4,18,22H,5-17H2. The van der Waals surface area contributed by atoms with Crippen molar-refractivity contribution in [3.8, 4) is 0 Å². The number of piperazine rings is 1. The van der Waals surface area contributed by atoms with E-state index in [1.54, 1.807) is 12.1 Å². The molecule has 1 saturated carbocycles. The van der Waals surface area contributed by atoms with Gasteiger partial charge in [0, 0.05) is 50.5 Å². The first-order valence-electron chi connectivity index (χ1n) is 10.6. The molecule has 6 nitrogen and oxygen atoms in total. The number of benzene rings is 1. The van der Waals surface area contributed by atoms with Gasteiger partial charge in [0.25, 0.3) is 5.69 Å². The average Bonchev–Trinajstić information content (AvgIpc) is 2.71. The highest BCUT2D eigenvalue weighted by atomic mass is 16.6. The van der Waals surface area contributed by atoms with Gasteiger partial charge < -0.3 is 10.2 Å².